The SMILES string of the molecule is CC(C)C[C@@H](C)C(=O)N[C@H]1C(=O)N[C@@H](CC(N)=O)C(=O)N[C@H]2C(=O)NC3C(=O)N[C@H](C(=O)N[C@@H](C(=O)O)c4cc(O)cc(O)c4-c4cc3ccc4O)[C@H](O)c3ccc(c(Cl)c3)Oc3cc2cc(c3OC2OC(COS(=O)(=O)c3cc4ccc5cccc6ccc(c3)c4c56)C(O)C(O)C2OC2CC(C)(N)C(O)C(C)O2)Oc2ccc(cc2Cl)[C@H]1O. The third-order valence-electron chi connectivity index (χ3n) is 21.6. The Morgan fingerprint density at radius 2 is 1.24 bits per heavy atom. The van der Waals surface area contributed by atoms with Crippen molar-refractivity contribution in [1.29, 1.82) is 0 Å². The van der Waals surface area contributed by atoms with Gasteiger partial charge in [-0.25, -0.2) is 4.79 Å². The lowest BCUT2D eigenvalue weighted by Gasteiger charge is -2.47. The number of carboxylic acid groups (broad SMARTS) is 1. The van der Waals surface area contributed by atoms with Crippen LogP contribution in [0.5, 0.6) is 46.0 Å². The molecule has 0 aliphatic carbocycles. The van der Waals surface area contributed by atoms with Gasteiger partial charge < -0.3 is 118 Å². The molecule has 119 heavy (non-hydrogen) atoms. The molecule has 0 spiro atoms. The van der Waals surface area contributed by atoms with Crippen LogP contribution in [0, 0.1) is 11.8 Å². The predicted molar refractivity (Wildman–Crippen MR) is 422 cm³/mol. The van der Waals surface area contributed by atoms with Crippen LogP contribution in [0.4, 0.5) is 0 Å². The van der Waals surface area contributed by atoms with Gasteiger partial charge in [-0.05, 0) is 147 Å². The number of ether oxygens (including phenoxy) is 6. The molecule has 37 heteroatoms. The second-order valence-corrected chi connectivity index (χ2v) is 33.2. The molecular weight excluding hydrogens is 1620 g/mol. The molecule has 7 aliphatic rings. The fraction of sp³-hybridized carbons (Fsp3) is 0.341. The fourth-order valence-corrected chi connectivity index (χ4v) is 17.0. The van der Waals surface area contributed by atoms with Crippen molar-refractivity contribution >= 4 is 113 Å². The van der Waals surface area contributed by atoms with Gasteiger partial charge in [0.1, 0.15) is 89.5 Å². The number of carboxylic acids is 1. The van der Waals surface area contributed by atoms with Gasteiger partial charge in [-0.3, -0.25) is 37.7 Å². The van der Waals surface area contributed by atoms with Crippen LogP contribution in [0.25, 0.3) is 43.4 Å². The van der Waals surface area contributed by atoms with E-state index in [-0.39, 0.29) is 40.3 Å². The van der Waals surface area contributed by atoms with E-state index >= 15 is 19.2 Å². The number of halogens is 2. The number of hydrogen-bond donors (Lipinski definition) is 17. The van der Waals surface area contributed by atoms with E-state index in [2.05, 4.69) is 31.9 Å². The van der Waals surface area contributed by atoms with E-state index in [1.165, 1.54) is 38.1 Å². The zero-order chi connectivity index (χ0) is 85.4. The Hall–Kier alpha value is -11.3. The van der Waals surface area contributed by atoms with Gasteiger partial charge in [0.25, 0.3) is 10.1 Å². The molecule has 19 N–H and O–H groups in total. The quantitative estimate of drug-likeness (QED) is 0.0447. The molecule has 626 valence electrons. The van der Waals surface area contributed by atoms with Crippen molar-refractivity contribution in [3.05, 3.63) is 171 Å². The highest BCUT2D eigenvalue weighted by Gasteiger charge is 2.52. The van der Waals surface area contributed by atoms with Crippen LogP contribution in [0.3, 0.4) is 0 Å². The Kier molecular flexibility index (Phi) is 23.4. The third-order valence-corrected chi connectivity index (χ3v) is 23.5. The van der Waals surface area contributed by atoms with Crippen LogP contribution in [0.15, 0.2) is 138 Å². The number of carbonyl (C=O) groups excluding carboxylic acids is 7. The normalized spacial score (nSPS) is 27.1. The molecule has 16 rings (SSSR count). The Labute approximate surface area is 687 Å². The average molecular weight is 1700 g/mol. The van der Waals surface area contributed by atoms with Gasteiger partial charge in [-0.15, -0.1) is 0 Å². The lowest BCUT2D eigenvalue weighted by atomic mass is 9.86. The maximum absolute atomic E-state index is 16.3. The van der Waals surface area contributed by atoms with Crippen LogP contribution in [-0.2, 0) is 66.9 Å². The van der Waals surface area contributed by atoms with Crippen LogP contribution >= 0.6 is 23.2 Å². The smallest absolute Gasteiger partial charge is 0.330 e. The summed E-state index contributed by atoms with van der Waals surface area (Å²) >= 11 is 14.3. The zero-order valence-corrected chi connectivity index (χ0v) is 66.0. The first-order chi connectivity index (χ1) is 56.3. The number of amides is 7. The number of nitrogens with one attached hydrogen (secondary N) is 6. The van der Waals surface area contributed by atoms with Gasteiger partial charge in [0.15, 0.2) is 29.9 Å². The van der Waals surface area contributed by atoms with Gasteiger partial charge in [0.2, 0.25) is 53.4 Å². The summed E-state index contributed by atoms with van der Waals surface area (Å²) in [6.07, 6.45) is -20.0. The number of phenolic OH excluding ortho intramolecular Hbond substituents is 3. The topological polar surface area (TPSA) is 542 Å². The van der Waals surface area contributed by atoms with E-state index in [1.54, 1.807) is 19.1 Å². The number of nitrogens with two attached hydrogens (primary N) is 2. The van der Waals surface area contributed by atoms with Crippen molar-refractivity contribution in [3.8, 4) is 57.1 Å². The molecule has 10 unspecified atom stereocenters. The summed E-state index contributed by atoms with van der Waals surface area (Å²) in [4.78, 5) is 118. The Morgan fingerprint density at radius 1 is 0.647 bits per heavy atom. The van der Waals surface area contributed by atoms with Crippen molar-refractivity contribution < 1.29 is 125 Å². The number of phenols is 3. The third kappa shape index (κ3) is 17.0. The second kappa shape index (κ2) is 33.1. The summed E-state index contributed by atoms with van der Waals surface area (Å²) < 4.78 is 74.5. The molecule has 0 saturated carbocycles. The van der Waals surface area contributed by atoms with Gasteiger partial charge in [0, 0.05) is 40.6 Å². The molecule has 2 saturated heterocycles. The highest BCUT2D eigenvalue weighted by Crippen LogP contribution is 2.51. The molecule has 7 heterocycles. The average Bonchev–Trinajstić information content (AvgIpc) is 0.741. The van der Waals surface area contributed by atoms with E-state index in [0.717, 1.165) is 88.3 Å². The second-order valence-electron chi connectivity index (χ2n) is 30.8. The number of carbonyl (C=O) groups is 8. The predicted octanol–water partition coefficient (Wildman–Crippen LogP) is 5.46. The van der Waals surface area contributed by atoms with Gasteiger partial charge in [0.05, 0.1) is 40.2 Å². The van der Waals surface area contributed by atoms with Crippen molar-refractivity contribution in [3.63, 3.8) is 0 Å². The number of aliphatic carboxylic acids is 1. The van der Waals surface area contributed by atoms with E-state index in [0.29, 0.717) is 10.8 Å². The van der Waals surface area contributed by atoms with Crippen molar-refractivity contribution in [1.82, 2.24) is 31.9 Å². The van der Waals surface area contributed by atoms with Crippen molar-refractivity contribution in [2.24, 2.45) is 23.3 Å². The van der Waals surface area contributed by atoms with Gasteiger partial charge >= 0.3 is 5.97 Å². The molecule has 0 radical (unpaired) electrons. The van der Waals surface area contributed by atoms with Crippen LogP contribution in [0.2, 0.25) is 10.0 Å². The maximum Gasteiger partial charge on any atom is 0.330 e. The number of benzene rings is 9. The van der Waals surface area contributed by atoms with Crippen LogP contribution in [0.1, 0.15) is 112 Å². The molecule has 34 nitrogen and oxygen atoms in total. The fourth-order valence-electron chi connectivity index (χ4n) is 15.6. The number of aliphatic hydroxyl groups excluding tert-OH is 5. The lowest BCUT2D eigenvalue weighted by molar-refractivity contribution is -0.333. The van der Waals surface area contributed by atoms with E-state index in [9.17, 15) is 73.6 Å². The minimum Gasteiger partial charge on any atom is -0.508 e. The lowest BCUT2D eigenvalue weighted by Crippen LogP contribution is -2.64. The number of hydrogen-bond acceptors (Lipinski definition) is 26. The molecule has 7 aliphatic heterocycles. The first kappa shape index (κ1) is 84.2. The minimum atomic E-state index is -4.86. The molecule has 0 aromatic heterocycles. The molecule has 11 bridgehead atoms. The number of rotatable bonds is 15. The van der Waals surface area contributed by atoms with E-state index in [4.69, 9.17) is 67.3 Å². The largest absolute Gasteiger partial charge is 0.508 e. The summed E-state index contributed by atoms with van der Waals surface area (Å²) in [5, 5.41) is 124. The Balaban J connectivity index is 0.968. The van der Waals surface area contributed by atoms with E-state index < -0.39 is 258 Å². The summed E-state index contributed by atoms with van der Waals surface area (Å²) in [5.74, 6) is -17.3. The monoisotopic (exact) mass is 1700 g/mol. The molecule has 2 fully saturated rings. The van der Waals surface area contributed by atoms with Crippen molar-refractivity contribution in [2.75, 3.05) is 6.61 Å². The zero-order valence-electron chi connectivity index (χ0n) is 63.7. The van der Waals surface area contributed by atoms with Crippen molar-refractivity contribution in [2.45, 2.75) is 162 Å². The maximum atomic E-state index is 16.3. The van der Waals surface area contributed by atoms with Crippen LogP contribution < -0.4 is 57.6 Å². The number of aromatic hydroxyl groups is 3. The summed E-state index contributed by atoms with van der Waals surface area (Å²) in [6.45, 7) is 7.08. The first-order valence-electron chi connectivity index (χ1n) is 37.6. The molecule has 7 amide bonds. The van der Waals surface area contributed by atoms with Gasteiger partial charge in [-0.2, -0.15) is 8.42 Å². The highest BCUT2D eigenvalue weighted by molar-refractivity contribution is 7.86. The summed E-state index contributed by atoms with van der Waals surface area (Å²) in [7, 11) is -4.86. The molecule has 9 aromatic carbocycles. The summed E-state index contributed by atoms with van der Waals surface area (Å²) in [6, 6.07) is 15.6. The van der Waals surface area contributed by atoms with E-state index in [1.807, 2.05) is 44.2 Å². The summed E-state index contributed by atoms with van der Waals surface area (Å²) in [5.41, 5.74) is 7.92. The first-order valence-corrected chi connectivity index (χ1v) is 39.7. The number of fused-ring (bicyclic) bond motifs is 15. The Bertz CT molecular complexity index is 5640. The van der Waals surface area contributed by atoms with Crippen LogP contribution in [-0.4, -0.2) is 181 Å². The molecule has 18 atom stereocenters. The minimum absolute atomic E-state index is 0.0687. The number of aliphatic hydroxyl groups is 5. The standard InChI is InChI=1S/C82H82Cl2N8O26S/c1-32(2)19-33(3)74(102)91-65-67(97)40-14-17-52(47(83)23-40)114-54-25-42-26-55(71(54)118-81-72(117-58-30-82(5,86)73(101)34(4)113-58)70(100)69(99)56(116-81)31-112-119(110,111)44-20-37-11-9-35-7-6-8-36-10-12-38(21-44)60(37)59(35)36)115-53-18-15-41(24-48(53)84)68(98)66-79(107)90-64(80(108)109)46-27-43(93)28-51(95)61(46)45-22-39(13-16-50(45)94)62(76(104)92-66)89-77(105)63(42)88-75(103)49(29-57(85)96)87-78(65)106/h6-18,20-28,32-34,49,56,58,62-70,72-73,81,93-95,97-101H,19,29-31,86H2,1-5H3,(H2,85,96)(H,87,106)(H,88,103)(H,89,105)(H,90,107)(H,91,102)(H,92,104)(H,108,109)/t33-,34?,49+,56?,58?,62?,63-,64-,65-,66+,67-,68-,69?,70?,72?,73?,81?,82?/m1/s1. The molecule has 9 aromatic rings. The highest BCUT2D eigenvalue weighted by atomic mass is 35.5. The molecular formula is C82H82Cl2N8O26S. The van der Waals surface area contributed by atoms with Gasteiger partial charge in [-0.1, -0.05) is 105 Å². The Morgan fingerprint density at radius 3 is 1.84 bits per heavy atom. The number of primary amides is 1.